The van der Waals surface area contributed by atoms with Crippen LogP contribution in [0.3, 0.4) is 0 Å². The van der Waals surface area contributed by atoms with Gasteiger partial charge in [-0.2, -0.15) is 22.0 Å². The summed E-state index contributed by atoms with van der Waals surface area (Å²) >= 11 is 0. The molecule has 18 heteroatoms. The van der Waals surface area contributed by atoms with Crippen molar-refractivity contribution in [2.24, 2.45) is 0 Å². The van der Waals surface area contributed by atoms with Gasteiger partial charge in [0.25, 0.3) is 10.0 Å². The Morgan fingerprint density at radius 3 is 2.16 bits per heavy atom. The molecule has 2 saturated heterocycles. The number of carbonyl (C=O) groups excluding carboxylic acids is 2. The Kier molecular flexibility index (Phi) is 8.67. The van der Waals surface area contributed by atoms with Crippen LogP contribution in [0.15, 0.2) is 29.2 Å². The number of halogens is 8. The van der Waals surface area contributed by atoms with Gasteiger partial charge in [0.1, 0.15) is 17.6 Å². The fraction of sp³-hybridized carbons (Fsp3) is 0.481. The van der Waals surface area contributed by atoms with E-state index in [2.05, 4.69) is 0 Å². The Labute approximate surface area is 251 Å². The Hall–Kier alpha value is -3.67. The fourth-order valence-electron chi connectivity index (χ4n) is 5.54. The summed E-state index contributed by atoms with van der Waals surface area (Å²) in [5.74, 6) is -9.54. The molecular formula is C27H26F8N4O5S. The number of sulfonamides is 1. The topological polar surface area (TPSA) is 99.3 Å². The smallest absolute Gasteiger partial charge is 0.446 e. The van der Waals surface area contributed by atoms with E-state index in [9.17, 15) is 53.1 Å². The molecule has 0 atom stereocenters. The van der Waals surface area contributed by atoms with E-state index in [4.69, 9.17) is 4.74 Å². The average molecular weight is 671 g/mol. The number of anilines is 3. The van der Waals surface area contributed by atoms with Gasteiger partial charge in [-0.25, -0.2) is 26.4 Å². The lowest BCUT2D eigenvalue weighted by Gasteiger charge is -2.35. The number of alkyl halides is 5. The van der Waals surface area contributed by atoms with Gasteiger partial charge in [-0.1, -0.05) is 0 Å². The quantitative estimate of drug-likeness (QED) is 0.408. The van der Waals surface area contributed by atoms with Gasteiger partial charge in [0.2, 0.25) is 5.91 Å². The van der Waals surface area contributed by atoms with Gasteiger partial charge in [-0.05, 0) is 43.4 Å². The van der Waals surface area contributed by atoms with Crippen molar-refractivity contribution in [3.05, 3.63) is 47.3 Å². The number of amides is 2. The molecule has 3 aliphatic heterocycles. The molecule has 0 bridgehead atoms. The summed E-state index contributed by atoms with van der Waals surface area (Å²) in [6.45, 7) is -1.73. The molecule has 1 N–H and O–H groups in total. The van der Waals surface area contributed by atoms with Crippen LogP contribution in [0.25, 0.3) is 0 Å². The van der Waals surface area contributed by atoms with E-state index in [1.165, 1.54) is 9.80 Å². The van der Waals surface area contributed by atoms with Gasteiger partial charge in [0.15, 0.2) is 11.6 Å². The van der Waals surface area contributed by atoms with Crippen molar-refractivity contribution in [3.63, 3.8) is 0 Å². The Morgan fingerprint density at radius 2 is 1.58 bits per heavy atom. The highest BCUT2D eigenvalue weighted by Gasteiger charge is 2.58. The van der Waals surface area contributed by atoms with E-state index in [1.807, 2.05) is 0 Å². The van der Waals surface area contributed by atoms with Crippen LogP contribution in [0.5, 0.6) is 0 Å². The number of likely N-dealkylation sites (tertiary alicyclic amines) is 1. The number of piperidine rings is 1. The van der Waals surface area contributed by atoms with Crippen molar-refractivity contribution < 1.29 is 57.9 Å². The maximum absolute atomic E-state index is 14.2. The Balaban J connectivity index is 1.37. The molecule has 0 aromatic heterocycles. The SMILES string of the molecule is O=C1CCCN1c1cc(S(=O)(=O)Nc2c(F)cc(F)cc2F)cc2c1N(C(=O)OC1CCN(CC(F)(F)C(F)(F)F)CC1)CC2. The summed E-state index contributed by atoms with van der Waals surface area (Å²) in [5.41, 5.74) is -0.646. The number of rotatable bonds is 7. The predicted molar refractivity (Wildman–Crippen MR) is 143 cm³/mol. The zero-order valence-electron chi connectivity index (χ0n) is 23.3. The van der Waals surface area contributed by atoms with Gasteiger partial charge >= 0.3 is 18.2 Å². The van der Waals surface area contributed by atoms with Crippen LogP contribution in [0.4, 0.5) is 57.0 Å². The van der Waals surface area contributed by atoms with E-state index < -0.39 is 68.9 Å². The molecule has 9 nitrogen and oxygen atoms in total. The van der Waals surface area contributed by atoms with Crippen LogP contribution in [0.2, 0.25) is 0 Å². The molecule has 0 radical (unpaired) electrons. The number of hydrogen-bond acceptors (Lipinski definition) is 6. The first-order chi connectivity index (χ1) is 21.0. The van der Waals surface area contributed by atoms with Gasteiger partial charge in [-0.3, -0.25) is 19.3 Å². The number of benzene rings is 2. The van der Waals surface area contributed by atoms with Gasteiger partial charge in [0, 0.05) is 44.7 Å². The lowest BCUT2D eigenvalue weighted by Crippen LogP contribution is -2.50. The zero-order valence-corrected chi connectivity index (χ0v) is 24.1. The minimum atomic E-state index is -5.70. The largest absolute Gasteiger partial charge is 0.454 e. The monoisotopic (exact) mass is 670 g/mol. The first kappa shape index (κ1) is 32.7. The van der Waals surface area contributed by atoms with Crippen LogP contribution < -0.4 is 14.5 Å². The summed E-state index contributed by atoms with van der Waals surface area (Å²) < 4.78 is 140. The number of carbonyl (C=O) groups is 2. The lowest BCUT2D eigenvalue weighted by molar-refractivity contribution is -0.287. The summed E-state index contributed by atoms with van der Waals surface area (Å²) in [4.78, 5) is 28.8. The molecular weight excluding hydrogens is 644 g/mol. The molecule has 2 aromatic rings. The number of ether oxygens (including phenoxy) is 1. The highest BCUT2D eigenvalue weighted by molar-refractivity contribution is 7.92. The molecule has 2 fully saturated rings. The second-order valence-corrected chi connectivity index (χ2v) is 12.6. The fourth-order valence-corrected chi connectivity index (χ4v) is 6.68. The highest BCUT2D eigenvalue weighted by atomic mass is 32.2. The number of nitrogens with zero attached hydrogens (tertiary/aromatic N) is 3. The molecule has 2 aromatic carbocycles. The Bertz CT molecular complexity index is 1590. The summed E-state index contributed by atoms with van der Waals surface area (Å²) in [6, 6.07) is 2.81. The van der Waals surface area contributed by atoms with Crippen LogP contribution >= 0.6 is 0 Å². The van der Waals surface area contributed by atoms with Gasteiger partial charge < -0.3 is 9.64 Å². The molecule has 0 spiro atoms. The van der Waals surface area contributed by atoms with E-state index in [-0.39, 0.29) is 74.7 Å². The van der Waals surface area contributed by atoms with E-state index in [0.717, 1.165) is 17.0 Å². The molecule has 246 valence electrons. The first-order valence-electron chi connectivity index (χ1n) is 13.8. The van der Waals surface area contributed by atoms with Crippen molar-refractivity contribution in [2.45, 2.75) is 55.2 Å². The van der Waals surface area contributed by atoms with Crippen LogP contribution in [0.1, 0.15) is 31.2 Å². The van der Waals surface area contributed by atoms with Crippen molar-refractivity contribution in [2.75, 3.05) is 47.2 Å². The number of nitrogens with one attached hydrogen (secondary N) is 1. The summed E-state index contributed by atoms with van der Waals surface area (Å²) in [6.07, 6.45) is -6.79. The number of fused-ring (bicyclic) bond motifs is 1. The van der Waals surface area contributed by atoms with Crippen molar-refractivity contribution in [1.82, 2.24) is 4.90 Å². The van der Waals surface area contributed by atoms with Gasteiger partial charge in [-0.15, -0.1) is 0 Å². The third kappa shape index (κ3) is 6.66. The van der Waals surface area contributed by atoms with Crippen LogP contribution in [-0.4, -0.2) is 76.2 Å². The van der Waals surface area contributed by atoms with E-state index in [0.29, 0.717) is 18.6 Å². The molecule has 45 heavy (non-hydrogen) atoms. The Morgan fingerprint density at radius 1 is 0.933 bits per heavy atom. The molecule has 0 saturated carbocycles. The van der Waals surface area contributed by atoms with Crippen molar-refractivity contribution in [1.29, 1.82) is 0 Å². The average Bonchev–Trinajstić information content (AvgIpc) is 3.57. The van der Waals surface area contributed by atoms with Crippen molar-refractivity contribution >= 4 is 39.1 Å². The third-order valence-corrected chi connectivity index (χ3v) is 9.12. The first-order valence-corrected chi connectivity index (χ1v) is 15.2. The predicted octanol–water partition coefficient (Wildman–Crippen LogP) is 5.19. The standard InChI is InChI=1S/C27H26F8N4O5S/c28-16-11-19(29)23(20(30)12-16)36-45(42,43)18-10-15-3-9-39(24(15)21(13-18)38-6-1-2-22(38)40)25(41)44-17-4-7-37(8-5-17)14-26(31,32)27(33,34)35/h10-13,17,36H,1-9,14H2. The summed E-state index contributed by atoms with van der Waals surface area (Å²) in [5, 5.41) is 0. The molecule has 3 heterocycles. The second kappa shape index (κ2) is 11.9. The van der Waals surface area contributed by atoms with Crippen LogP contribution in [-0.2, 0) is 26.0 Å². The molecule has 0 aliphatic carbocycles. The van der Waals surface area contributed by atoms with Crippen molar-refractivity contribution in [3.8, 4) is 0 Å². The van der Waals surface area contributed by atoms with Crippen LogP contribution in [0, 0.1) is 17.5 Å². The maximum Gasteiger partial charge on any atom is 0.454 e. The molecule has 3 aliphatic rings. The second-order valence-electron chi connectivity index (χ2n) is 10.9. The van der Waals surface area contributed by atoms with E-state index >= 15 is 0 Å². The maximum atomic E-state index is 14.2. The van der Waals surface area contributed by atoms with E-state index in [1.54, 1.807) is 4.72 Å². The zero-order chi connectivity index (χ0) is 32.9. The molecule has 5 rings (SSSR count). The summed E-state index contributed by atoms with van der Waals surface area (Å²) in [7, 11) is -4.70. The normalized spacial score (nSPS) is 18.4. The molecule has 2 amide bonds. The molecule has 0 unspecified atom stereocenters. The minimum Gasteiger partial charge on any atom is -0.446 e. The third-order valence-electron chi connectivity index (χ3n) is 7.79. The number of hydrogen-bond donors (Lipinski definition) is 1. The minimum absolute atomic E-state index is 0.0159. The van der Waals surface area contributed by atoms with Gasteiger partial charge in [0.05, 0.1) is 22.8 Å². The highest BCUT2D eigenvalue weighted by Crippen LogP contribution is 2.43. The lowest BCUT2D eigenvalue weighted by atomic mass is 10.1.